The van der Waals surface area contributed by atoms with Crippen LogP contribution in [-0.4, -0.2) is 22.5 Å². The maximum atomic E-state index is 12.0. The van der Waals surface area contributed by atoms with E-state index in [4.69, 9.17) is 0 Å². The third-order valence-corrected chi connectivity index (χ3v) is 3.27. The van der Waals surface area contributed by atoms with Crippen LogP contribution in [0.15, 0.2) is 60.9 Å². The third kappa shape index (κ3) is 3.38. The summed E-state index contributed by atoms with van der Waals surface area (Å²) in [4.78, 5) is 20.5. The maximum Gasteiger partial charge on any atom is 0.319 e. The molecule has 0 fully saturated rings. The van der Waals surface area contributed by atoms with Gasteiger partial charge in [-0.15, -0.1) is 0 Å². The Balaban J connectivity index is 1.59. The Hall–Kier alpha value is -2.95. The molecule has 0 saturated heterocycles. The monoisotopic (exact) mass is 292 g/mol. The lowest BCUT2D eigenvalue weighted by Crippen LogP contribution is -2.30. The molecule has 0 aliphatic carbocycles. The van der Waals surface area contributed by atoms with Gasteiger partial charge in [0.25, 0.3) is 0 Å². The van der Waals surface area contributed by atoms with Gasteiger partial charge >= 0.3 is 6.03 Å². The van der Waals surface area contributed by atoms with Crippen LogP contribution < -0.4 is 10.6 Å². The molecule has 0 spiro atoms. The zero-order valence-electron chi connectivity index (χ0n) is 12.0. The van der Waals surface area contributed by atoms with Crippen molar-refractivity contribution in [1.29, 1.82) is 0 Å². The fraction of sp³-hybridized carbons (Fsp3) is 0.118. The molecule has 0 saturated carbocycles. The van der Waals surface area contributed by atoms with Gasteiger partial charge in [-0.25, -0.2) is 4.79 Å². The van der Waals surface area contributed by atoms with E-state index < -0.39 is 0 Å². The summed E-state index contributed by atoms with van der Waals surface area (Å²) in [6.07, 6.45) is 4.16. The van der Waals surface area contributed by atoms with E-state index in [9.17, 15) is 4.79 Å². The van der Waals surface area contributed by atoms with Gasteiger partial charge in [0.15, 0.2) is 0 Å². The minimum absolute atomic E-state index is 0.242. The van der Waals surface area contributed by atoms with E-state index in [-0.39, 0.29) is 6.03 Å². The predicted octanol–water partition coefficient (Wildman–Crippen LogP) is 2.99. The number of nitrogens with zero attached hydrogens (tertiary/aromatic N) is 2. The van der Waals surface area contributed by atoms with Crippen molar-refractivity contribution in [2.24, 2.45) is 0 Å². The summed E-state index contributed by atoms with van der Waals surface area (Å²) >= 11 is 0. The van der Waals surface area contributed by atoms with E-state index in [1.165, 1.54) is 0 Å². The molecule has 0 unspecified atom stereocenters. The third-order valence-electron chi connectivity index (χ3n) is 3.27. The number of rotatable bonds is 4. The average Bonchev–Trinajstić information content (AvgIpc) is 2.56. The molecule has 0 atom stereocenters. The van der Waals surface area contributed by atoms with Gasteiger partial charge in [0.1, 0.15) is 0 Å². The summed E-state index contributed by atoms with van der Waals surface area (Å²) in [6, 6.07) is 15.0. The number of anilines is 1. The van der Waals surface area contributed by atoms with Crippen LogP contribution in [0, 0.1) is 0 Å². The van der Waals surface area contributed by atoms with Crippen molar-refractivity contribution in [1.82, 2.24) is 15.3 Å². The number of hydrogen-bond donors (Lipinski definition) is 2. The molecule has 2 N–H and O–H groups in total. The van der Waals surface area contributed by atoms with Crippen LogP contribution in [0.2, 0.25) is 0 Å². The highest BCUT2D eigenvalue weighted by molar-refractivity contribution is 5.99. The molecule has 3 aromatic rings. The number of amides is 2. The van der Waals surface area contributed by atoms with E-state index in [0.717, 1.165) is 16.6 Å². The summed E-state index contributed by atoms with van der Waals surface area (Å²) in [7, 11) is 0. The second-order valence-electron chi connectivity index (χ2n) is 4.83. The highest BCUT2D eigenvalue weighted by Crippen LogP contribution is 2.20. The normalized spacial score (nSPS) is 10.4. The Morgan fingerprint density at radius 1 is 0.955 bits per heavy atom. The predicted molar refractivity (Wildman–Crippen MR) is 86.7 cm³/mol. The summed E-state index contributed by atoms with van der Waals surface area (Å²) in [6.45, 7) is 0.529. The summed E-state index contributed by atoms with van der Waals surface area (Å²) in [5.74, 6) is 0. The standard InChI is InChI=1S/C17H16N4O/c22-17(20-12-9-14-7-1-2-10-18-14)21-15-8-3-5-13-6-4-11-19-16(13)15/h1-8,10-11H,9,12H2,(H2,20,21,22). The van der Waals surface area contributed by atoms with Crippen molar-refractivity contribution >= 4 is 22.6 Å². The fourth-order valence-electron chi connectivity index (χ4n) is 2.22. The summed E-state index contributed by atoms with van der Waals surface area (Å²) in [5, 5.41) is 6.66. The SMILES string of the molecule is O=C(NCCc1ccccn1)Nc1cccc2cccnc12. The number of pyridine rings is 2. The number of urea groups is 1. The summed E-state index contributed by atoms with van der Waals surface area (Å²) < 4.78 is 0. The lowest BCUT2D eigenvalue weighted by Gasteiger charge is -2.09. The molecule has 2 heterocycles. The van der Waals surface area contributed by atoms with Crippen molar-refractivity contribution in [3.8, 4) is 0 Å². The van der Waals surface area contributed by atoms with Gasteiger partial charge in [0.05, 0.1) is 11.2 Å². The molecule has 5 heteroatoms. The molecule has 0 aliphatic heterocycles. The van der Waals surface area contributed by atoms with Crippen molar-refractivity contribution in [3.63, 3.8) is 0 Å². The number of fused-ring (bicyclic) bond motifs is 1. The second kappa shape index (κ2) is 6.67. The number of hydrogen-bond acceptors (Lipinski definition) is 3. The van der Waals surface area contributed by atoms with Crippen LogP contribution in [0.4, 0.5) is 10.5 Å². The Morgan fingerprint density at radius 3 is 2.68 bits per heavy atom. The van der Waals surface area contributed by atoms with Crippen LogP contribution in [0.25, 0.3) is 10.9 Å². The van der Waals surface area contributed by atoms with Gasteiger partial charge < -0.3 is 10.6 Å². The number of benzene rings is 1. The van der Waals surface area contributed by atoms with Gasteiger partial charge in [0, 0.05) is 36.4 Å². The first-order chi connectivity index (χ1) is 10.8. The first kappa shape index (κ1) is 14.0. The van der Waals surface area contributed by atoms with E-state index in [1.54, 1.807) is 12.4 Å². The van der Waals surface area contributed by atoms with Crippen molar-refractivity contribution in [2.45, 2.75) is 6.42 Å². The van der Waals surface area contributed by atoms with Crippen molar-refractivity contribution in [3.05, 3.63) is 66.6 Å². The van der Waals surface area contributed by atoms with Gasteiger partial charge in [-0.2, -0.15) is 0 Å². The molecular formula is C17H16N4O. The molecule has 2 amide bonds. The number of carbonyl (C=O) groups excluding carboxylic acids is 1. The van der Waals surface area contributed by atoms with Gasteiger partial charge in [-0.3, -0.25) is 9.97 Å². The van der Waals surface area contributed by atoms with Gasteiger partial charge in [-0.05, 0) is 24.3 Å². The Kier molecular flexibility index (Phi) is 4.25. The zero-order chi connectivity index (χ0) is 15.2. The van der Waals surface area contributed by atoms with Gasteiger partial charge in [-0.1, -0.05) is 24.3 Å². The molecule has 1 aromatic carbocycles. The van der Waals surface area contributed by atoms with Crippen LogP contribution in [0.5, 0.6) is 0 Å². The number of para-hydroxylation sites is 1. The number of carbonyl (C=O) groups is 1. The lowest BCUT2D eigenvalue weighted by atomic mass is 10.2. The maximum absolute atomic E-state index is 12.0. The highest BCUT2D eigenvalue weighted by Gasteiger charge is 2.05. The Morgan fingerprint density at radius 2 is 1.82 bits per heavy atom. The molecule has 0 radical (unpaired) electrons. The smallest absolute Gasteiger partial charge is 0.319 e. The number of aromatic nitrogens is 2. The van der Waals surface area contributed by atoms with Crippen LogP contribution in [-0.2, 0) is 6.42 Å². The van der Waals surface area contributed by atoms with Crippen LogP contribution in [0.3, 0.4) is 0 Å². The molecule has 0 aliphatic rings. The van der Waals surface area contributed by atoms with Crippen molar-refractivity contribution in [2.75, 3.05) is 11.9 Å². The molecule has 22 heavy (non-hydrogen) atoms. The first-order valence-electron chi connectivity index (χ1n) is 7.11. The summed E-state index contributed by atoms with van der Waals surface area (Å²) in [5.41, 5.74) is 2.44. The Labute approximate surface area is 128 Å². The molecule has 3 rings (SSSR count). The van der Waals surface area contributed by atoms with Crippen LogP contribution in [0.1, 0.15) is 5.69 Å². The Bertz CT molecular complexity index is 768. The minimum atomic E-state index is -0.242. The molecule has 2 aromatic heterocycles. The topological polar surface area (TPSA) is 66.9 Å². The fourth-order valence-corrected chi connectivity index (χ4v) is 2.22. The largest absolute Gasteiger partial charge is 0.337 e. The van der Waals surface area contributed by atoms with E-state index in [2.05, 4.69) is 20.6 Å². The zero-order valence-corrected chi connectivity index (χ0v) is 12.0. The second-order valence-corrected chi connectivity index (χ2v) is 4.83. The van der Waals surface area contributed by atoms with Gasteiger partial charge in [0.2, 0.25) is 0 Å². The average molecular weight is 292 g/mol. The van der Waals surface area contributed by atoms with E-state index >= 15 is 0 Å². The number of nitrogens with one attached hydrogen (secondary N) is 2. The first-order valence-corrected chi connectivity index (χ1v) is 7.11. The minimum Gasteiger partial charge on any atom is -0.337 e. The molecule has 110 valence electrons. The highest BCUT2D eigenvalue weighted by atomic mass is 16.2. The van der Waals surface area contributed by atoms with Crippen LogP contribution >= 0.6 is 0 Å². The lowest BCUT2D eigenvalue weighted by molar-refractivity contribution is 0.252. The quantitative estimate of drug-likeness (QED) is 0.777. The van der Waals surface area contributed by atoms with E-state index in [1.807, 2.05) is 48.5 Å². The van der Waals surface area contributed by atoms with Crippen molar-refractivity contribution < 1.29 is 4.79 Å². The molecular weight excluding hydrogens is 276 g/mol. The molecule has 5 nitrogen and oxygen atoms in total. The molecule has 0 bridgehead atoms. The van der Waals surface area contributed by atoms with E-state index in [0.29, 0.717) is 18.7 Å².